The molecule has 0 bridgehead atoms. The summed E-state index contributed by atoms with van der Waals surface area (Å²) in [4.78, 5) is 28.4. The Balaban J connectivity index is 1.78. The zero-order valence-corrected chi connectivity index (χ0v) is 14.1. The molecule has 1 saturated carbocycles. The summed E-state index contributed by atoms with van der Waals surface area (Å²) < 4.78 is 0. The topological polar surface area (TPSA) is 71.1 Å². The van der Waals surface area contributed by atoms with Crippen LogP contribution in [-0.2, 0) is 9.59 Å². The lowest BCUT2D eigenvalue weighted by molar-refractivity contribution is -0.127. The van der Waals surface area contributed by atoms with Gasteiger partial charge in [-0.05, 0) is 37.8 Å². The van der Waals surface area contributed by atoms with Crippen molar-refractivity contribution in [2.45, 2.75) is 70.9 Å². The van der Waals surface area contributed by atoms with Gasteiger partial charge in [0.15, 0.2) is 0 Å². The molecule has 0 radical (unpaired) electrons. The fourth-order valence-corrected chi connectivity index (χ4v) is 3.09. The molecule has 2 amide bonds. The first kappa shape index (κ1) is 17.4. The van der Waals surface area contributed by atoms with Crippen molar-refractivity contribution in [1.29, 1.82) is 0 Å². The van der Waals surface area contributed by atoms with Crippen molar-refractivity contribution in [2.24, 2.45) is 0 Å². The lowest BCUT2D eigenvalue weighted by Crippen LogP contribution is -2.34. The quantitative estimate of drug-likeness (QED) is 0.812. The first-order valence-corrected chi connectivity index (χ1v) is 8.60. The maximum atomic E-state index is 12.1. The SMILES string of the molecule is CC[C@H](NC(=O)CCC(=O)NC1CCCC1)c1ncccc1C. The average molecular weight is 317 g/mol. The van der Waals surface area contributed by atoms with Crippen molar-refractivity contribution in [1.82, 2.24) is 15.6 Å². The number of rotatable bonds is 7. The molecule has 23 heavy (non-hydrogen) atoms. The summed E-state index contributed by atoms with van der Waals surface area (Å²) in [5.74, 6) is -0.113. The van der Waals surface area contributed by atoms with E-state index in [-0.39, 0.29) is 30.7 Å². The fourth-order valence-electron chi connectivity index (χ4n) is 3.09. The molecule has 1 heterocycles. The number of hydrogen-bond acceptors (Lipinski definition) is 3. The Labute approximate surface area is 138 Å². The van der Waals surface area contributed by atoms with Crippen LogP contribution in [0.3, 0.4) is 0 Å². The predicted octanol–water partition coefficient (Wildman–Crippen LogP) is 2.80. The number of amides is 2. The third-order valence-electron chi connectivity index (χ3n) is 4.42. The molecular formula is C18H27N3O2. The van der Waals surface area contributed by atoms with Crippen molar-refractivity contribution in [3.63, 3.8) is 0 Å². The molecular weight excluding hydrogens is 290 g/mol. The van der Waals surface area contributed by atoms with Crippen LogP contribution < -0.4 is 10.6 Å². The van der Waals surface area contributed by atoms with Crippen molar-refractivity contribution < 1.29 is 9.59 Å². The van der Waals surface area contributed by atoms with Gasteiger partial charge in [0, 0.05) is 25.1 Å². The van der Waals surface area contributed by atoms with Gasteiger partial charge in [-0.3, -0.25) is 14.6 Å². The second-order valence-corrected chi connectivity index (χ2v) is 6.28. The van der Waals surface area contributed by atoms with Gasteiger partial charge in [0.05, 0.1) is 11.7 Å². The minimum atomic E-state index is -0.0957. The fraction of sp³-hybridized carbons (Fsp3) is 0.611. The second-order valence-electron chi connectivity index (χ2n) is 6.28. The van der Waals surface area contributed by atoms with Crippen molar-refractivity contribution in [3.05, 3.63) is 29.6 Å². The summed E-state index contributed by atoms with van der Waals surface area (Å²) >= 11 is 0. The summed E-state index contributed by atoms with van der Waals surface area (Å²) in [6.45, 7) is 4.01. The van der Waals surface area contributed by atoms with Gasteiger partial charge in [-0.25, -0.2) is 0 Å². The molecule has 0 saturated heterocycles. The molecule has 126 valence electrons. The maximum Gasteiger partial charge on any atom is 0.221 e. The number of aromatic nitrogens is 1. The van der Waals surface area contributed by atoms with E-state index in [2.05, 4.69) is 15.6 Å². The standard InChI is InChI=1S/C18H27N3O2/c1-3-15(18-13(2)7-6-12-19-18)21-17(23)11-10-16(22)20-14-8-4-5-9-14/h6-7,12,14-15H,3-5,8-11H2,1-2H3,(H,20,22)(H,21,23)/t15-/m0/s1. The largest absolute Gasteiger partial charge is 0.353 e. The van der Waals surface area contributed by atoms with Crippen molar-refractivity contribution in [2.75, 3.05) is 0 Å². The number of carbonyl (C=O) groups is 2. The van der Waals surface area contributed by atoms with E-state index in [1.165, 1.54) is 12.8 Å². The lowest BCUT2D eigenvalue weighted by atomic mass is 10.1. The van der Waals surface area contributed by atoms with Crippen LogP contribution in [0.4, 0.5) is 0 Å². The molecule has 1 aliphatic carbocycles. The maximum absolute atomic E-state index is 12.1. The molecule has 1 aromatic heterocycles. The molecule has 2 rings (SSSR count). The Morgan fingerprint density at radius 1 is 1.26 bits per heavy atom. The number of hydrogen-bond donors (Lipinski definition) is 2. The van der Waals surface area contributed by atoms with Gasteiger partial charge >= 0.3 is 0 Å². The summed E-state index contributed by atoms with van der Waals surface area (Å²) in [5, 5.41) is 6.00. The number of nitrogens with zero attached hydrogens (tertiary/aromatic N) is 1. The molecule has 1 fully saturated rings. The minimum Gasteiger partial charge on any atom is -0.353 e. The van der Waals surface area contributed by atoms with Gasteiger partial charge in [0.1, 0.15) is 0 Å². The number of pyridine rings is 1. The van der Waals surface area contributed by atoms with E-state index in [1.54, 1.807) is 6.20 Å². The van der Waals surface area contributed by atoms with Crippen LogP contribution in [-0.4, -0.2) is 22.8 Å². The number of carbonyl (C=O) groups excluding carboxylic acids is 2. The van der Waals surface area contributed by atoms with Crippen LogP contribution in [0.25, 0.3) is 0 Å². The molecule has 1 atom stereocenters. The third-order valence-corrected chi connectivity index (χ3v) is 4.42. The third kappa shape index (κ3) is 5.34. The van der Waals surface area contributed by atoms with Crippen LogP contribution in [0.2, 0.25) is 0 Å². The normalized spacial score (nSPS) is 16.1. The monoisotopic (exact) mass is 317 g/mol. The second kappa shape index (κ2) is 8.65. The van der Waals surface area contributed by atoms with Gasteiger partial charge in [-0.15, -0.1) is 0 Å². The highest BCUT2D eigenvalue weighted by atomic mass is 16.2. The smallest absolute Gasteiger partial charge is 0.221 e. The van der Waals surface area contributed by atoms with E-state index in [9.17, 15) is 9.59 Å². The van der Waals surface area contributed by atoms with Crippen molar-refractivity contribution in [3.8, 4) is 0 Å². The number of nitrogens with one attached hydrogen (secondary N) is 2. The zero-order chi connectivity index (χ0) is 16.7. The highest BCUT2D eigenvalue weighted by Crippen LogP contribution is 2.19. The Morgan fingerprint density at radius 3 is 2.61 bits per heavy atom. The van der Waals surface area contributed by atoms with Gasteiger partial charge in [-0.1, -0.05) is 25.8 Å². The van der Waals surface area contributed by atoms with Gasteiger partial charge in [0.2, 0.25) is 11.8 Å². The van der Waals surface area contributed by atoms with Gasteiger partial charge in [-0.2, -0.15) is 0 Å². The Hall–Kier alpha value is -1.91. The summed E-state index contributed by atoms with van der Waals surface area (Å²) in [6, 6.07) is 4.10. The predicted molar refractivity (Wildman–Crippen MR) is 89.8 cm³/mol. The van der Waals surface area contributed by atoms with E-state index < -0.39 is 0 Å². The Bertz CT molecular complexity index is 539. The molecule has 2 N–H and O–H groups in total. The zero-order valence-electron chi connectivity index (χ0n) is 14.1. The van der Waals surface area contributed by atoms with E-state index in [4.69, 9.17) is 0 Å². The van der Waals surface area contributed by atoms with Crippen LogP contribution in [0.15, 0.2) is 18.3 Å². The highest BCUT2D eigenvalue weighted by Gasteiger charge is 2.19. The first-order chi connectivity index (χ1) is 11.1. The Kier molecular flexibility index (Phi) is 6.56. The molecule has 1 aromatic rings. The van der Waals surface area contributed by atoms with Crippen LogP contribution in [0.1, 0.15) is 69.2 Å². The molecule has 5 heteroatoms. The summed E-state index contributed by atoms with van der Waals surface area (Å²) in [5.41, 5.74) is 1.97. The van der Waals surface area contributed by atoms with Crippen LogP contribution in [0.5, 0.6) is 0 Å². The van der Waals surface area contributed by atoms with E-state index in [0.29, 0.717) is 6.04 Å². The lowest BCUT2D eigenvalue weighted by Gasteiger charge is -2.18. The average Bonchev–Trinajstić information content (AvgIpc) is 3.04. The van der Waals surface area contributed by atoms with Crippen LogP contribution >= 0.6 is 0 Å². The molecule has 0 aromatic carbocycles. The minimum absolute atomic E-state index is 0.0193. The van der Waals surface area contributed by atoms with E-state index >= 15 is 0 Å². The highest BCUT2D eigenvalue weighted by molar-refractivity contribution is 5.84. The Morgan fingerprint density at radius 2 is 1.96 bits per heavy atom. The molecule has 0 aliphatic heterocycles. The molecule has 5 nitrogen and oxygen atoms in total. The van der Waals surface area contributed by atoms with Crippen molar-refractivity contribution >= 4 is 11.8 Å². The summed E-state index contributed by atoms with van der Waals surface area (Å²) in [7, 11) is 0. The first-order valence-electron chi connectivity index (χ1n) is 8.60. The summed E-state index contributed by atoms with van der Waals surface area (Å²) in [6.07, 6.45) is 7.49. The van der Waals surface area contributed by atoms with E-state index in [1.807, 2.05) is 26.0 Å². The van der Waals surface area contributed by atoms with E-state index in [0.717, 1.165) is 30.5 Å². The van der Waals surface area contributed by atoms with Crippen LogP contribution in [0, 0.1) is 6.92 Å². The molecule has 0 unspecified atom stereocenters. The van der Waals surface area contributed by atoms with Gasteiger partial charge < -0.3 is 10.6 Å². The van der Waals surface area contributed by atoms with Gasteiger partial charge in [0.25, 0.3) is 0 Å². The molecule has 1 aliphatic rings. The number of aryl methyl sites for hydroxylation is 1. The molecule has 0 spiro atoms.